The highest BCUT2D eigenvalue weighted by molar-refractivity contribution is 5.83. The van der Waals surface area contributed by atoms with Gasteiger partial charge in [0.1, 0.15) is 17.3 Å². The maximum Gasteiger partial charge on any atom is 0.375 e. The Kier molecular flexibility index (Phi) is 2.77. The average molecular weight is 257 g/mol. The van der Waals surface area contributed by atoms with Gasteiger partial charge in [0.15, 0.2) is 11.6 Å². The lowest BCUT2D eigenvalue weighted by Gasteiger charge is -2.05. The molecule has 0 aliphatic carbocycles. The molecule has 0 aliphatic rings. The Morgan fingerprint density at radius 3 is 2.28 bits per heavy atom. The van der Waals surface area contributed by atoms with Crippen molar-refractivity contribution in [3.8, 4) is 5.69 Å². The fraction of sp³-hybridized carbons (Fsp3) is 0.100. The van der Waals surface area contributed by atoms with Crippen molar-refractivity contribution in [1.29, 1.82) is 0 Å². The number of carboxylic acids is 1. The van der Waals surface area contributed by atoms with E-state index < -0.39 is 34.9 Å². The van der Waals surface area contributed by atoms with E-state index in [2.05, 4.69) is 10.1 Å². The quantitative estimate of drug-likeness (QED) is 0.888. The third-order valence-corrected chi connectivity index (χ3v) is 2.15. The summed E-state index contributed by atoms with van der Waals surface area (Å²) in [6.07, 6.45) is 0. The summed E-state index contributed by atoms with van der Waals surface area (Å²) in [4.78, 5) is 14.2. The SMILES string of the molecule is Cc1nc(C(=O)O)nn1-c1c(F)cc(F)cc1F. The zero-order chi connectivity index (χ0) is 13.4. The van der Waals surface area contributed by atoms with Gasteiger partial charge in [0.05, 0.1) is 0 Å². The first-order valence-corrected chi connectivity index (χ1v) is 4.72. The molecule has 18 heavy (non-hydrogen) atoms. The van der Waals surface area contributed by atoms with E-state index in [1.165, 1.54) is 6.92 Å². The standard InChI is InChI=1S/C10H6F3N3O2/c1-4-14-9(10(17)18)15-16(4)8-6(12)2-5(11)3-7(8)13/h2-3H,1H3,(H,17,18). The summed E-state index contributed by atoms with van der Waals surface area (Å²) >= 11 is 0. The van der Waals surface area contributed by atoms with E-state index in [1.54, 1.807) is 0 Å². The Balaban J connectivity index is 2.66. The molecule has 94 valence electrons. The van der Waals surface area contributed by atoms with E-state index in [1.807, 2.05) is 0 Å². The summed E-state index contributed by atoms with van der Waals surface area (Å²) in [5, 5.41) is 12.1. The minimum atomic E-state index is -1.43. The molecule has 1 aromatic heterocycles. The van der Waals surface area contributed by atoms with Crippen LogP contribution in [0.4, 0.5) is 13.2 Å². The summed E-state index contributed by atoms with van der Waals surface area (Å²) in [5.41, 5.74) is -0.672. The van der Waals surface area contributed by atoms with E-state index in [0.29, 0.717) is 16.8 Å². The summed E-state index contributed by atoms with van der Waals surface area (Å²) in [5.74, 6) is -5.54. The van der Waals surface area contributed by atoms with Crippen molar-refractivity contribution < 1.29 is 23.1 Å². The second kappa shape index (κ2) is 4.13. The first kappa shape index (κ1) is 12.1. The first-order chi connectivity index (χ1) is 8.40. The van der Waals surface area contributed by atoms with Gasteiger partial charge in [-0.1, -0.05) is 0 Å². The van der Waals surface area contributed by atoms with Crippen LogP contribution in [0.1, 0.15) is 16.4 Å². The van der Waals surface area contributed by atoms with Gasteiger partial charge < -0.3 is 5.11 Å². The van der Waals surface area contributed by atoms with E-state index in [0.717, 1.165) is 0 Å². The van der Waals surface area contributed by atoms with Crippen LogP contribution in [0, 0.1) is 24.4 Å². The van der Waals surface area contributed by atoms with Crippen LogP contribution in [0.25, 0.3) is 5.69 Å². The van der Waals surface area contributed by atoms with Gasteiger partial charge in [0.2, 0.25) is 0 Å². The first-order valence-electron chi connectivity index (χ1n) is 4.72. The zero-order valence-electron chi connectivity index (χ0n) is 8.99. The van der Waals surface area contributed by atoms with E-state index >= 15 is 0 Å². The molecule has 0 aliphatic heterocycles. The lowest BCUT2D eigenvalue weighted by atomic mass is 10.3. The van der Waals surface area contributed by atoms with Gasteiger partial charge >= 0.3 is 5.97 Å². The Morgan fingerprint density at radius 2 is 1.83 bits per heavy atom. The number of nitrogens with zero attached hydrogens (tertiary/aromatic N) is 3. The predicted molar refractivity (Wildman–Crippen MR) is 52.9 cm³/mol. The lowest BCUT2D eigenvalue weighted by molar-refractivity contribution is 0.0683. The summed E-state index contributed by atoms with van der Waals surface area (Å²) in [6, 6.07) is 0.944. The maximum absolute atomic E-state index is 13.5. The monoisotopic (exact) mass is 257 g/mol. The molecule has 0 atom stereocenters. The topological polar surface area (TPSA) is 68.0 Å². The van der Waals surface area contributed by atoms with Crippen molar-refractivity contribution in [3.05, 3.63) is 41.2 Å². The van der Waals surface area contributed by atoms with Gasteiger partial charge in [-0.2, -0.15) is 0 Å². The molecule has 1 N–H and O–H groups in total. The molecule has 0 unspecified atom stereocenters. The molecular weight excluding hydrogens is 251 g/mol. The molecule has 0 spiro atoms. The molecule has 0 bridgehead atoms. The largest absolute Gasteiger partial charge is 0.475 e. The number of carbonyl (C=O) groups is 1. The van der Waals surface area contributed by atoms with Crippen LogP contribution in [0.15, 0.2) is 12.1 Å². The van der Waals surface area contributed by atoms with Crippen molar-refractivity contribution in [2.24, 2.45) is 0 Å². The Morgan fingerprint density at radius 1 is 1.28 bits per heavy atom. The van der Waals surface area contributed by atoms with Gasteiger partial charge in [-0.15, -0.1) is 5.10 Å². The van der Waals surface area contributed by atoms with Crippen LogP contribution >= 0.6 is 0 Å². The Labute approximate surface area is 98.5 Å². The molecule has 1 aromatic carbocycles. The molecule has 0 amide bonds. The lowest BCUT2D eigenvalue weighted by Crippen LogP contribution is -2.07. The van der Waals surface area contributed by atoms with Gasteiger partial charge in [0, 0.05) is 12.1 Å². The molecular formula is C10H6F3N3O2. The summed E-state index contributed by atoms with van der Waals surface area (Å²) in [6.45, 7) is 1.32. The van der Waals surface area contributed by atoms with Gasteiger partial charge in [0.25, 0.3) is 5.82 Å². The number of aryl methyl sites for hydroxylation is 1. The van der Waals surface area contributed by atoms with Crippen molar-refractivity contribution in [2.45, 2.75) is 6.92 Å². The molecule has 8 heteroatoms. The normalized spacial score (nSPS) is 10.7. The molecule has 0 saturated heterocycles. The number of aromatic nitrogens is 3. The third kappa shape index (κ3) is 1.92. The van der Waals surface area contributed by atoms with Gasteiger partial charge in [-0.25, -0.2) is 27.6 Å². The minimum absolute atomic E-state index is 0.0307. The van der Waals surface area contributed by atoms with Crippen LogP contribution in [-0.4, -0.2) is 25.8 Å². The molecule has 1 heterocycles. The summed E-state index contributed by atoms with van der Waals surface area (Å²) < 4.78 is 40.4. The fourth-order valence-corrected chi connectivity index (χ4v) is 1.43. The summed E-state index contributed by atoms with van der Waals surface area (Å²) in [7, 11) is 0. The highest BCUT2D eigenvalue weighted by Gasteiger charge is 2.20. The predicted octanol–water partition coefficient (Wildman–Crippen LogP) is 1.69. The van der Waals surface area contributed by atoms with Crippen LogP contribution in [-0.2, 0) is 0 Å². The van der Waals surface area contributed by atoms with Crippen molar-refractivity contribution in [3.63, 3.8) is 0 Å². The van der Waals surface area contributed by atoms with Crippen molar-refractivity contribution in [1.82, 2.24) is 14.8 Å². The highest BCUT2D eigenvalue weighted by atomic mass is 19.1. The zero-order valence-corrected chi connectivity index (χ0v) is 8.99. The van der Waals surface area contributed by atoms with Crippen LogP contribution in [0.3, 0.4) is 0 Å². The van der Waals surface area contributed by atoms with Crippen molar-refractivity contribution >= 4 is 5.97 Å². The Hall–Kier alpha value is -2.38. The van der Waals surface area contributed by atoms with Gasteiger partial charge in [-0.3, -0.25) is 0 Å². The molecule has 5 nitrogen and oxygen atoms in total. The number of rotatable bonds is 2. The van der Waals surface area contributed by atoms with Crippen molar-refractivity contribution in [2.75, 3.05) is 0 Å². The van der Waals surface area contributed by atoms with Crippen LogP contribution in [0.5, 0.6) is 0 Å². The number of halogens is 3. The molecule has 0 fully saturated rings. The molecule has 2 aromatic rings. The minimum Gasteiger partial charge on any atom is -0.475 e. The van der Waals surface area contributed by atoms with E-state index in [-0.39, 0.29) is 5.82 Å². The van der Waals surface area contributed by atoms with Crippen LogP contribution < -0.4 is 0 Å². The smallest absolute Gasteiger partial charge is 0.375 e. The number of hydrogen-bond acceptors (Lipinski definition) is 3. The molecule has 2 rings (SSSR count). The average Bonchev–Trinajstić information content (AvgIpc) is 2.59. The Bertz CT molecular complexity index is 616. The highest BCUT2D eigenvalue weighted by Crippen LogP contribution is 2.19. The second-order valence-electron chi connectivity index (χ2n) is 3.42. The third-order valence-electron chi connectivity index (χ3n) is 2.15. The fourth-order valence-electron chi connectivity index (χ4n) is 1.43. The number of benzene rings is 1. The maximum atomic E-state index is 13.5. The van der Waals surface area contributed by atoms with E-state index in [9.17, 15) is 18.0 Å². The number of carboxylic acid groups (broad SMARTS) is 1. The van der Waals surface area contributed by atoms with E-state index in [4.69, 9.17) is 5.11 Å². The molecule has 0 saturated carbocycles. The number of hydrogen-bond donors (Lipinski definition) is 1. The van der Waals surface area contributed by atoms with Gasteiger partial charge in [-0.05, 0) is 6.92 Å². The molecule has 0 radical (unpaired) electrons. The number of aromatic carboxylic acids is 1. The van der Waals surface area contributed by atoms with Crippen LogP contribution in [0.2, 0.25) is 0 Å². The second-order valence-corrected chi connectivity index (χ2v) is 3.42.